The third kappa shape index (κ3) is 3.36. The van der Waals surface area contributed by atoms with Crippen LogP contribution in [0.3, 0.4) is 0 Å². The summed E-state index contributed by atoms with van der Waals surface area (Å²) in [4.78, 5) is 11.9. The van der Waals surface area contributed by atoms with E-state index in [1.165, 1.54) is 30.3 Å². The molecule has 0 aliphatic heterocycles. The minimum atomic E-state index is -4.53. The first-order valence-corrected chi connectivity index (χ1v) is 8.34. The van der Waals surface area contributed by atoms with Crippen molar-refractivity contribution in [3.63, 3.8) is 0 Å². The van der Waals surface area contributed by atoms with Crippen molar-refractivity contribution in [1.82, 2.24) is 0 Å². The monoisotopic (exact) mass is 378 g/mol. The van der Waals surface area contributed by atoms with Gasteiger partial charge in [0.15, 0.2) is 0 Å². The molecule has 1 aliphatic rings. The summed E-state index contributed by atoms with van der Waals surface area (Å²) in [5, 5.41) is 0. The highest BCUT2D eigenvalue weighted by Gasteiger charge is 2.38. The van der Waals surface area contributed by atoms with E-state index in [0.717, 1.165) is 13.2 Å². The molecule has 0 radical (unpaired) electrons. The predicted molar refractivity (Wildman–Crippen MR) is 93.2 cm³/mol. The first-order valence-electron chi connectivity index (χ1n) is 8.34. The predicted octanol–water partition coefficient (Wildman–Crippen LogP) is 5.61. The average Bonchev–Trinajstić information content (AvgIpc) is 2.60. The summed E-state index contributed by atoms with van der Waals surface area (Å²) in [6.07, 6.45) is -1.08. The summed E-state index contributed by atoms with van der Waals surface area (Å²) >= 11 is 0. The summed E-state index contributed by atoms with van der Waals surface area (Å²) in [6, 6.07) is 7.80. The quantitative estimate of drug-likeness (QED) is 0.386. The Morgan fingerprint density at radius 3 is 2.41 bits per heavy atom. The largest absolute Gasteiger partial charge is 0.465 e. The molecule has 0 N–H and O–H groups in total. The van der Waals surface area contributed by atoms with Gasteiger partial charge >= 0.3 is 12.1 Å². The number of carbonyl (C=O) groups excluding carboxylic acids is 1. The van der Waals surface area contributed by atoms with Gasteiger partial charge < -0.3 is 4.74 Å². The van der Waals surface area contributed by atoms with Gasteiger partial charge in [-0.3, -0.25) is 0 Å². The van der Waals surface area contributed by atoms with E-state index >= 15 is 0 Å². The minimum absolute atomic E-state index is 0.0559. The van der Waals surface area contributed by atoms with E-state index in [2.05, 4.69) is 4.74 Å². The molecule has 0 saturated carbocycles. The number of ether oxygens (including phenoxy) is 1. The van der Waals surface area contributed by atoms with Crippen molar-refractivity contribution in [3.8, 4) is 0 Å². The van der Waals surface area contributed by atoms with E-state index in [1.54, 1.807) is 12.2 Å². The van der Waals surface area contributed by atoms with Crippen molar-refractivity contribution < 1.29 is 27.1 Å². The van der Waals surface area contributed by atoms with Crippen LogP contribution in [0.5, 0.6) is 0 Å². The second-order valence-corrected chi connectivity index (χ2v) is 7.05. The van der Waals surface area contributed by atoms with Crippen LogP contribution in [0.2, 0.25) is 0 Å². The van der Waals surface area contributed by atoms with Crippen LogP contribution in [-0.4, -0.2) is 13.1 Å². The van der Waals surface area contributed by atoms with Gasteiger partial charge in [-0.2, -0.15) is 13.2 Å². The first kappa shape index (κ1) is 19.1. The number of fused-ring (bicyclic) bond motifs is 1. The normalized spacial score (nSPS) is 18.1. The van der Waals surface area contributed by atoms with Crippen LogP contribution in [0, 0.1) is 5.82 Å². The Balaban J connectivity index is 2.27. The Morgan fingerprint density at radius 2 is 1.78 bits per heavy atom. The highest BCUT2D eigenvalue weighted by Crippen LogP contribution is 2.45. The molecule has 6 heteroatoms. The molecule has 142 valence electrons. The zero-order chi connectivity index (χ0) is 20.0. The molecule has 2 aromatic carbocycles. The zero-order valence-corrected chi connectivity index (χ0v) is 15.0. The number of methoxy groups -OCH3 is 1. The fraction of sp³-hybridized carbons (Fsp3) is 0.286. The number of hydrogen-bond acceptors (Lipinski definition) is 2. The minimum Gasteiger partial charge on any atom is -0.465 e. The van der Waals surface area contributed by atoms with Crippen LogP contribution in [0.15, 0.2) is 48.6 Å². The number of carbonyl (C=O) groups is 1. The maximum absolute atomic E-state index is 14.5. The average molecular weight is 378 g/mol. The maximum atomic E-state index is 14.5. The van der Waals surface area contributed by atoms with Crippen molar-refractivity contribution in [1.29, 1.82) is 0 Å². The Labute approximate surface area is 154 Å². The van der Waals surface area contributed by atoms with E-state index in [0.29, 0.717) is 11.1 Å². The van der Waals surface area contributed by atoms with Crippen LogP contribution < -0.4 is 0 Å². The SMILES string of the molecule is COC(=O)c1cc2c(cc1F)C(C)(C)C=CC2c1ccccc1C(F)(F)F. The van der Waals surface area contributed by atoms with Crippen LogP contribution in [0.25, 0.3) is 0 Å². The topological polar surface area (TPSA) is 26.3 Å². The summed E-state index contributed by atoms with van der Waals surface area (Å²) in [7, 11) is 1.13. The van der Waals surface area contributed by atoms with Gasteiger partial charge in [0.1, 0.15) is 5.82 Å². The van der Waals surface area contributed by atoms with Gasteiger partial charge in [0, 0.05) is 11.3 Å². The molecule has 0 amide bonds. The fourth-order valence-electron chi connectivity index (χ4n) is 3.50. The number of benzene rings is 2. The van der Waals surface area contributed by atoms with E-state index in [9.17, 15) is 22.4 Å². The molecule has 2 aromatic rings. The van der Waals surface area contributed by atoms with Crippen molar-refractivity contribution >= 4 is 5.97 Å². The van der Waals surface area contributed by atoms with Gasteiger partial charge in [-0.15, -0.1) is 0 Å². The molecule has 1 unspecified atom stereocenters. The van der Waals surface area contributed by atoms with Gasteiger partial charge in [0.05, 0.1) is 18.2 Å². The third-order valence-electron chi connectivity index (χ3n) is 4.88. The molecule has 1 aliphatic carbocycles. The van der Waals surface area contributed by atoms with Crippen molar-refractivity contribution in [2.45, 2.75) is 31.4 Å². The summed E-state index contributed by atoms with van der Waals surface area (Å²) in [5.41, 5.74) is -0.584. The second kappa shape index (κ2) is 6.51. The van der Waals surface area contributed by atoms with E-state index < -0.39 is 34.9 Å². The molecule has 0 heterocycles. The Kier molecular flexibility index (Phi) is 4.62. The number of hydrogen-bond donors (Lipinski definition) is 0. The lowest BCUT2D eigenvalue weighted by Crippen LogP contribution is -2.25. The molecule has 27 heavy (non-hydrogen) atoms. The first-order chi connectivity index (χ1) is 12.6. The lowest BCUT2D eigenvalue weighted by Gasteiger charge is -2.33. The molecule has 3 rings (SSSR count). The van der Waals surface area contributed by atoms with Gasteiger partial charge in [-0.05, 0) is 34.9 Å². The molecule has 0 bridgehead atoms. The van der Waals surface area contributed by atoms with E-state index in [-0.39, 0.29) is 11.1 Å². The van der Waals surface area contributed by atoms with E-state index in [1.807, 2.05) is 13.8 Å². The summed E-state index contributed by atoms with van der Waals surface area (Å²) in [6.45, 7) is 3.68. The Hall–Kier alpha value is -2.63. The molecular formula is C21H18F4O2. The molecule has 2 nitrogen and oxygen atoms in total. The van der Waals surface area contributed by atoms with Crippen LogP contribution >= 0.6 is 0 Å². The number of halogens is 4. The van der Waals surface area contributed by atoms with Crippen molar-refractivity contribution in [3.05, 3.63) is 82.2 Å². The van der Waals surface area contributed by atoms with E-state index in [4.69, 9.17) is 0 Å². The van der Waals surface area contributed by atoms with Gasteiger partial charge in [0.25, 0.3) is 0 Å². The smallest absolute Gasteiger partial charge is 0.416 e. The van der Waals surface area contributed by atoms with Crippen LogP contribution in [0.4, 0.5) is 17.6 Å². The van der Waals surface area contributed by atoms with Crippen LogP contribution in [-0.2, 0) is 16.3 Å². The fourth-order valence-corrected chi connectivity index (χ4v) is 3.50. The van der Waals surface area contributed by atoms with Gasteiger partial charge in [0.2, 0.25) is 0 Å². The zero-order valence-electron chi connectivity index (χ0n) is 15.0. The molecule has 0 spiro atoms. The number of allylic oxidation sites excluding steroid dienone is 2. The molecule has 1 atom stereocenters. The number of rotatable bonds is 2. The molecule has 0 aromatic heterocycles. The lowest BCUT2D eigenvalue weighted by molar-refractivity contribution is -0.138. The Bertz CT molecular complexity index is 926. The van der Waals surface area contributed by atoms with Crippen molar-refractivity contribution in [2.75, 3.05) is 7.11 Å². The summed E-state index contributed by atoms with van der Waals surface area (Å²) < 4.78 is 59.6. The number of alkyl halides is 3. The van der Waals surface area contributed by atoms with Crippen LogP contribution in [0.1, 0.15) is 52.4 Å². The second-order valence-electron chi connectivity index (χ2n) is 7.05. The lowest BCUT2D eigenvalue weighted by atomic mass is 9.71. The summed E-state index contributed by atoms with van der Waals surface area (Å²) in [5.74, 6) is -2.38. The molecular weight excluding hydrogens is 360 g/mol. The highest BCUT2D eigenvalue weighted by molar-refractivity contribution is 5.90. The molecule has 0 saturated heterocycles. The maximum Gasteiger partial charge on any atom is 0.416 e. The third-order valence-corrected chi connectivity index (χ3v) is 4.88. The Morgan fingerprint density at radius 1 is 1.11 bits per heavy atom. The van der Waals surface area contributed by atoms with Gasteiger partial charge in [-0.25, -0.2) is 9.18 Å². The highest BCUT2D eigenvalue weighted by atomic mass is 19.4. The van der Waals surface area contributed by atoms with Crippen molar-refractivity contribution in [2.24, 2.45) is 0 Å². The molecule has 0 fully saturated rings. The number of esters is 1. The standard InChI is InChI=1S/C21H18F4O2/c1-20(2)9-8-12(13-6-4-5-7-16(13)21(23,24)25)14-10-15(19(26)27-3)18(22)11-17(14)20/h4-12H,1-3H3. The van der Waals surface area contributed by atoms with Gasteiger partial charge in [-0.1, -0.05) is 44.2 Å².